The van der Waals surface area contributed by atoms with Crippen molar-refractivity contribution in [3.8, 4) is 11.4 Å². The molecule has 0 atom stereocenters. The molecule has 0 saturated heterocycles. The van der Waals surface area contributed by atoms with Crippen LogP contribution in [0.25, 0.3) is 11.4 Å². The van der Waals surface area contributed by atoms with E-state index in [1.807, 2.05) is 0 Å². The van der Waals surface area contributed by atoms with Crippen LogP contribution in [0.1, 0.15) is 6.92 Å². The van der Waals surface area contributed by atoms with Crippen molar-refractivity contribution in [3.63, 3.8) is 0 Å². The van der Waals surface area contributed by atoms with Crippen molar-refractivity contribution in [2.24, 2.45) is 5.14 Å². The molecular formula is C10H10BrFN4O2S. The predicted octanol–water partition coefficient (Wildman–Crippen LogP) is 1.51. The molecule has 102 valence electrons. The number of primary sulfonamides is 1. The van der Waals surface area contributed by atoms with Gasteiger partial charge in [0.15, 0.2) is 5.82 Å². The second-order valence-corrected chi connectivity index (χ2v) is 5.94. The summed E-state index contributed by atoms with van der Waals surface area (Å²) in [6, 6.07) is 4.39. The maximum absolute atomic E-state index is 13.5. The zero-order chi connectivity index (χ0) is 14.2. The van der Waals surface area contributed by atoms with E-state index in [4.69, 9.17) is 5.14 Å². The molecule has 19 heavy (non-hydrogen) atoms. The summed E-state index contributed by atoms with van der Waals surface area (Å²) < 4.78 is 37.8. The van der Waals surface area contributed by atoms with E-state index in [-0.39, 0.29) is 22.0 Å². The lowest BCUT2D eigenvalue weighted by molar-refractivity contribution is 0.570. The Morgan fingerprint density at radius 2 is 2.11 bits per heavy atom. The van der Waals surface area contributed by atoms with Crippen molar-refractivity contribution in [1.29, 1.82) is 0 Å². The summed E-state index contributed by atoms with van der Waals surface area (Å²) in [5, 5.41) is 12.1. The van der Waals surface area contributed by atoms with Gasteiger partial charge in [-0.15, -0.1) is 10.2 Å². The molecule has 0 amide bonds. The maximum atomic E-state index is 13.5. The summed E-state index contributed by atoms with van der Waals surface area (Å²) in [7, 11) is -3.98. The Balaban J connectivity index is 2.71. The van der Waals surface area contributed by atoms with Gasteiger partial charge in [0.05, 0.1) is 4.47 Å². The summed E-state index contributed by atoms with van der Waals surface area (Å²) in [5.74, 6) is -0.238. The molecule has 0 saturated carbocycles. The first kappa shape index (κ1) is 14.1. The van der Waals surface area contributed by atoms with E-state index in [9.17, 15) is 12.8 Å². The Labute approximate surface area is 117 Å². The van der Waals surface area contributed by atoms with E-state index in [2.05, 4.69) is 26.1 Å². The monoisotopic (exact) mass is 348 g/mol. The van der Waals surface area contributed by atoms with Crippen molar-refractivity contribution in [3.05, 3.63) is 28.5 Å². The van der Waals surface area contributed by atoms with Crippen LogP contribution in [-0.4, -0.2) is 23.2 Å². The number of nitrogens with zero attached hydrogens (tertiary/aromatic N) is 3. The Bertz CT molecular complexity index is 729. The van der Waals surface area contributed by atoms with Gasteiger partial charge in [-0.3, -0.25) is 4.57 Å². The van der Waals surface area contributed by atoms with Gasteiger partial charge in [-0.05, 0) is 35.0 Å². The van der Waals surface area contributed by atoms with Gasteiger partial charge in [-0.25, -0.2) is 17.9 Å². The lowest BCUT2D eigenvalue weighted by Crippen LogP contribution is -2.18. The van der Waals surface area contributed by atoms with Crippen LogP contribution in [0.4, 0.5) is 4.39 Å². The smallest absolute Gasteiger partial charge is 0.273 e. The molecule has 1 heterocycles. The first-order valence-corrected chi connectivity index (χ1v) is 7.60. The number of aromatic nitrogens is 3. The van der Waals surface area contributed by atoms with Gasteiger partial charge in [0.2, 0.25) is 0 Å². The van der Waals surface area contributed by atoms with Gasteiger partial charge in [0.1, 0.15) is 5.82 Å². The zero-order valence-corrected chi connectivity index (χ0v) is 12.2. The number of hydrogen-bond acceptors (Lipinski definition) is 4. The largest absolute Gasteiger partial charge is 0.297 e. The molecule has 0 fully saturated rings. The topological polar surface area (TPSA) is 90.9 Å². The first-order valence-electron chi connectivity index (χ1n) is 5.26. The van der Waals surface area contributed by atoms with Gasteiger partial charge in [-0.2, -0.15) is 0 Å². The van der Waals surface area contributed by atoms with Gasteiger partial charge in [-0.1, -0.05) is 6.07 Å². The Morgan fingerprint density at radius 3 is 2.68 bits per heavy atom. The highest BCUT2D eigenvalue weighted by molar-refractivity contribution is 9.10. The summed E-state index contributed by atoms with van der Waals surface area (Å²) in [5.41, 5.74) is 0.407. The maximum Gasteiger partial charge on any atom is 0.273 e. The molecular weight excluding hydrogens is 339 g/mol. The van der Waals surface area contributed by atoms with Crippen LogP contribution in [0.3, 0.4) is 0 Å². The average Bonchev–Trinajstić information content (AvgIpc) is 2.76. The first-order chi connectivity index (χ1) is 8.86. The second kappa shape index (κ2) is 4.99. The molecule has 6 nitrogen and oxygen atoms in total. The standard InChI is InChI=1S/C10H10BrFN4O2S/c1-2-16-9(14-15-10(16)19(13,17)18)6-4-3-5-7(12)8(6)11/h3-5H,2H2,1H3,(H2,13,17,18). The second-order valence-electron chi connectivity index (χ2n) is 3.70. The lowest BCUT2D eigenvalue weighted by Gasteiger charge is -2.08. The number of halogens is 2. The molecule has 1 aromatic heterocycles. The fourth-order valence-electron chi connectivity index (χ4n) is 1.66. The fraction of sp³-hybridized carbons (Fsp3) is 0.200. The molecule has 0 bridgehead atoms. The van der Waals surface area contributed by atoms with Gasteiger partial charge in [0.25, 0.3) is 15.2 Å². The minimum absolute atomic E-state index is 0.193. The molecule has 2 N–H and O–H groups in total. The average molecular weight is 349 g/mol. The zero-order valence-electron chi connectivity index (χ0n) is 9.84. The van der Waals surface area contributed by atoms with Crippen LogP contribution in [0.15, 0.2) is 27.8 Å². The molecule has 0 aliphatic carbocycles. The highest BCUT2D eigenvalue weighted by Crippen LogP contribution is 2.29. The van der Waals surface area contributed by atoms with Crippen LogP contribution in [0.5, 0.6) is 0 Å². The van der Waals surface area contributed by atoms with E-state index in [0.29, 0.717) is 5.56 Å². The van der Waals surface area contributed by atoms with Crippen LogP contribution < -0.4 is 5.14 Å². The van der Waals surface area contributed by atoms with Crippen molar-refractivity contribution >= 4 is 26.0 Å². The fourth-order valence-corrected chi connectivity index (χ4v) is 2.78. The normalized spacial score (nSPS) is 11.8. The number of sulfonamides is 1. The van der Waals surface area contributed by atoms with Crippen LogP contribution in [-0.2, 0) is 16.6 Å². The highest BCUT2D eigenvalue weighted by atomic mass is 79.9. The van der Waals surface area contributed by atoms with Crippen LogP contribution in [0.2, 0.25) is 0 Å². The third-order valence-electron chi connectivity index (χ3n) is 2.48. The molecule has 9 heteroatoms. The summed E-state index contributed by atoms with van der Waals surface area (Å²) in [6.07, 6.45) is 0. The third-order valence-corrected chi connectivity index (χ3v) is 4.10. The van der Waals surface area contributed by atoms with Crippen LogP contribution >= 0.6 is 15.9 Å². The molecule has 2 aromatic rings. The van der Waals surface area contributed by atoms with Gasteiger partial charge in [0, 0.05) is 12.1 Å². The SMILES string of the molecule is CCn1c(-c2cccc(F)c2Br)nnc1S(N)(=O)=O. The van der Waals surface area contributed by atoms with E-state index in [0.717, 1.165) is 0 Å². The summed E-state index contributed by atoms with van der Waals surface area (Å²) in [4.78, 5) is 0. The quantitative estimate of drug-likeness (QED) is 0.910. The van der Waals surface area contributed by atoms with E-state index >= 15 is 0 Å². The van der Waals surface area contributed by atoms with Crippen molar-refractivity contribution < 1.29 is 12.8 Å². The number of rotatable bonds is 3. The number of hydrogen-bond donors (Lipinski definition) is 1. The van der Waals surface area contributed by atoms with E-state index in [1.54, 1.807) is 13.0 Å². The minimum atomic E-state index is -3.98. The molecule has 1 aromatic carbocycles. The van der Waals surface area contributed by atoms with Gasteiger partial charge < -0.3 is 0 Å². The number of nitrogens with two attached hydrogens (primary N) is 1. The van der Waals surface area contributed by atoms with Crippen molar-refractivity contribution in [2.75, 3.05) is 0 Å². The predicted molar refractivity (Wildman–Crippen MR) is 70.2 cm³/mol. The molecule has 0 aliphatic heterocycles. The molecule has 0 unspecified atom stereocenters. The lowest BCUT2D eigenvalue weighted by atomic mass is 10.2. The molecule has 2 rings (SSSR count). The minimum Gasteiger partial charge on any atom is -0.297 e. The summed E-state index contributed by atoms with van der Waals surface area (Å²) >= 11 is 3.10. The Kier molecular flexibility index (Phi) is 3.70. The third kappa shape index (κ3) is 2.53. The van der Waals surface area contributed by atoms with Gasteiger partial charge >= 0.3 is 0 Å². The number of benzene rings is 1. The van der Waals surface area contributed by atoms with Crippen molar-refractivity contribution in [1.82, 2.24) is 14.8 Å². The molecule has 0 radical (unpaired) electrons. The van der Waals surface area contributed by atoms with E-state index in [1.165, 1.54) is 16.7 Å². The molecule has 0 aliphatic rings. The van der Waals surface area contributed by atoms with E-state index < -0.39 is 15.8 Å². The molecule has 0 spiro atoms. The highest BCUT2D eigenvalue weighted by Gasteiger charge is 2.22. The summed E-state index contributed by atoms with van der Waals surface area (Å²) in [6.45, 7) is 2.01. The Hall–Kier alpha value is -1.32. The van der Waals surface area contributed by atoms with Crippen LogP contribution in [0, 0.1) is 5.82 Å². The Morgan fingerprint density at radius 1 is 1.42 bits per heavy atom. The van der Waals surface area contributed by atoms with Crippen molar-refractivity contribution in [2.45, 2.75) is 18.6 Å².